The Bertz CT molecular complexity index is 1200. The average Bonchev–Trinajstić information content (AvgIpc) is 3.27. The highest BCUT2D eigenvalue weighted by Gasteiger charge is 2.41. The van der Waals surface area contributed by atoms with Crippen molar-refractivity contribution in [1.82, 2.24) is 0 Å². The summed E-state index contributed by atoms with van der Waals surface area (Å²) in [5.41, 5.74) is 3.61. The summed E-state index contributed by atoms with van der Waals surface area (Å²) in [4.78, 5) is 12.9. The van der Waals surface area contributed by atoms with E-state index in [1.54, 1.807) is 6.07 Å². The maximum atomic E-state index is 13.7. The van der Waals surface area contributed by atoms with Gasteiger partial charge in [0.1, 0.15) is 0 Å². The highest BCUT2D eigenvalue weighted by molar-refractivity contribution is 6.34. The molecule has 32 heavy (non-hydrogen) atoms. The Kier molecular flexibility index (Phi) is 5.56. The smallest absolute Gasteiger partial charge is 0.257 e. The van der Waals surface area contributed by atoms with E-state index in [0.717, 1.165) is 48.2 Å². The van der Waals surface area contributed by atoms with Crippen LogP contribution in [-0.2, 0) is 0 Å². The number of hydrogen-bond donors (Lipinski definition) is 2. The van der Waals surface area contributed by atoms with Crippen molar-refractivity contribution in [3.05, 3.63) is 93.0 Å². The first-order valence-electron chi connectivity index (χ1n) is 10.5. The highest BCUT2D eigenvalue weighted by Crippen LogP contribution is 2.54. The van der Waals surface area contributed by atoms with Gasteiger partial charge in [0.2, 0.25) is 0 Å². The Labute approximate surface area is 194 Å². The summed E-state index contributed by atoms with van der Waals surface area (Å²) in [5.74, 6) is -2.00. The molecule has 1 amide bonds. The normalized spacial score (nSPS) is 21.4. The van der Waals surface area contributed by atoms with Crippen LogP contribution in [-0.4, -0.2) is 5.91 Å². The van der Waals surface area contributed by atoms with Gasteiger partial charge in [-0.3, -0.25) is 4.79 Å². The van der Waals surface area contributed by atoms with E-state index in [1.807, 2.05) is 30.3 Å². The Balaban J connectivity index is 1.51. The Morgan fingerprint density at radius 1 is 1.00 bits per heavy atom. The molecule has 1 aliphatic heterocycles. The van der Waals surface area contributed by atoms with Gasteiger partial charge in [0.15, 0.2) is 11.6 Å². The molecule has 0 radical (unpaired) electrons. The molecule has 2 N–H and O–H groups in total. The lowest BCUT2D eigenvalue weighted by molar-refractivity contribution is 0.102. The molecule has 3 aromatic rings. The number of benzene rings is 3. The van der Waals surface area contributed by atoms with E-state index in [-0.39, 0.29) is 16.6 Å². The van der Waals surface area contributed by atoms with Gasteiger partial charge in [-0.05, 0) is 66.1 Å². The summed E-state index contributed by atoms with van der Waals surface area (Å²) < 4.78 is 27.1. The first-order chi connectivity index (χ1) is 15.4. The average molecular weight is 473 g/mol. The molecule has 5 rings (SSSR count). The molecule has 0 aromatic heterocycles. The quantitative estimate of drug-likeness (QED) is 0.385. The van der Waals surface area contributed by atoms with Crippen LogP contribution in [0.15, 0.2) is 54.6 Å². The van der Waals surface area contributed by atoms with Crippen molar-refractivity contribution in [2.75, 3.05) is 10.6 Å². The van der Waals surface area contributed by atoms with E-state index in [2.05, 4.69) is 16.7 Å². The van der Waals surface area contributed by atoms with E-state index < -0.39 is 17.5 Å². The molecule has 7 heteroatoms. The minimum absolute atomic E-state index is 0.0807. The van der Waals surface area contributed by atoms with Crippen LogP contribution >= 0.6 is 23.2 Å². The molecule has 2 aliphatic rings. The molecule has 1 saturated carbocycles. The molecule has 0 spiro atoms. The van der Waals surface area contributed by atoms with Gasteiger partial charge in [-0.2, -0.15) is 0 Å². The van der Waals surface area contributed by atoms with E-state index >= 15 is 0 Å². The molecule has 0 saturated heterocycles. The SMILES string of the molecule is O=C(Nc1cccc2c1N[C@H](c1ccc(Cl)cc1)[C@H]1CCC[C@H]21)c1cc(F)c(F)cc1Cl. The van der Waals surface area contributed by atoms with Crippen LogP contribution in [0, 0.1) is 17.6 Å². The number of carbonyl (C=O) groups is 1. The summed E-state index contributed by atoms with van der Waals surface area (Å²) in [6.45, 7) is 0. The molecule has 0 unspecified atom stereocenters. The van der Waals surface area contributed by atoms with Crippen molar-refractivity contribution in [3.63, 3.8) is 0 Å². The molecule has 0 bridgehead atoms. The predicted molar refractivity (Wildman–Crippen MR) is 124 cm³/mol. The largest absolute Gasteiger partial charge is 0.376 e. The van der Waals surface area contributed by atoms with Crippen molar-refractivity contribution in [2.45, 2.75) is 31.2 Å². The molecule has 1 heterocycles. The second kappa shape index (κ2) is 8.38. The zero-order valence-electron chi connectivity index (χ0n) is 17.0. The number of carbonyl (C=O) groups excluding carboxylic acids is 1. The summed E-state index contributed by atoms with van der Waals surface area (Å²) >= 11 is 12.1. The van der Waals surface area contributed by atoms with Crippen LogP contribution < -0.4 is 10.6 Å². The van der Waals surface area contributed by atoms with Gasteiger partial charge in [-0.15, -0.1) is 0 Å². The number of hydrogen-bond acceptors (Lipinski definition) is 2. The van der Waals surface area contributed by atoms with Gasteiger partial charge in [0.05, 0.1) is 28.0 Å². The minimum atomic E-state index is -1.12. The number of amides is 1. The third-order valence-electron chi connectivity index (χ3n) is 6.53. The Hall–Kier alpha value is -2.63. The fraction of sp³-hybridized carbons (Fsp3) is 0.240. The van der Waals surface area contributed by atoms with Crippen LogP contribution in [0.5, 0.6) is 0 Å². The molecule has 3 atom stereocenters. The van der Waals surface area contributed by atoms with Crippen molar-refractivity contribution < 1.29 is 13.6 Å². The molecule has 164 valence electrons. The van der Waals surface area contributed by atoms with Gasteiger partial charge >= 0.3 is 0 Å². The standard InChI is InChI=1S/C25H20Cl2F2N2O/c26-14-9-7-13(8-10-14)23-16-4-1-3-15(16)17-5-2-6-22(24(17)31-23)30-25(32)18-11-20(28)21(29)12-19(18)27/h2,5-12,15-16,23,31H,1,3-4H2,(H,30,32)/t15-,16-,23+/m0/s1. The summed E-state index contributed by atoms with van der Waals surface area (Å²) in [5, 5.41) is 7.02. The summed E-state index contributed by atoms with van der Waals surface area (Å²) in [6, 6.07) is 15.3. The zero-order chi connectivity index (χ0) is 22.4. The minimum Gasteiger partial charge on any atom is -0.376 e. The molecule has 3 nitrogen and oxygen atoms in total. The lowest BCUT2D eigenvalue weighted by Gasteiger charge is -2.38. The number of rotatable bonds is 3. The zero-order valence-corrected chi connectivity index (χ0v) is 18.5. The summed E-state index contributed by atoms with van der Waals surface area (Å²) in [7, 11) is 0. The predicted octanol–water partition coefficient (Wildman–Crippen LogP) is 7.57. The third kappa shape index (κ3) is 3.74. The second-order valence-corrected chi connectivity index (χ2v) is 9.19. The number of halogens is 4. The first kappa shape index (κ1) is 21.2. The van der Waals surface area contributed by atoms with Gasteiger partial charge in [0, 0.05) is 5.02 Å². The van der Waals surface area contributed by atoms with E-state index in [1.165, 1.54) is 0 Å². The van der Waals surface area contributed by atoms with E-state index in [4.69, 9.17) is 23.2 Å². The van der Waals surface area contributed by atoms with Crippen molar-refractivity contribution in [2.24, 2.45) is 5.92 Å². The third-order valence-corrected chi connectivity index (χ3v) is 7.09. The van der Waals surface area contributed by atoms with Crippen LogP contribution in [0.3, 0.4) is 0 Å². The van der Waals surface area contributed by atoms with Crippen LogP contribution in [0.4, 0.5) is 20.2 Å². The fourth-order valence-corrected chi connectivity index (χ4v) is 5.43. The fourth-order valence-electron chi connectivity index (χ4n) is 5.07. The van der Waals surface area contributed by atoms with Crippen LogP contribution in [0.1, 0.15) is 52.7 Å². The van der Waals surface area contributed by atoms with Gasteiger partial charge in [-0.1, -0.05) is 53.9 Å². The number of fused-ring (bicyclic) bond motifs is 3. The van der Waals surface area contributed by atoms with Crippen molar-refractivity contribution in [1.29, 1.82) is 0 Å². The maximum absolute atomic E-state index is 13.7. The molecule has 3 aromatic carbocycles. The van der Waals surface area contributed by atoms with Crippen LogP contribution in [0.2, 0.25) is 10.0 Å². The summed E-state index contributed by atoms with van der Waals surface area (Å²) in [6.07, 6.45) is 3.34. The number of anilines is 2. The molecular formula is C25H20Cl2F2N2O. The van der Waals surface area contributed by atoms with Crippen LogP contribution in [0.25, 0.3) is 0 Å². The number of para-hydroxylation sites is 1. The van der Waals surface area contributed by atoms with E-state index in [9.17, 15) is 13.6 Å². The van der Waals surface area contributed by atoms with E-state index in [0.29, 0.717) is 22.5 Å². The molecular weight excluding hydrogens is 453 g/mol. The van der Waals surface area contributed by atoms with Gasteiger partial charge < -0.3 is 10.6 Å². The Morgan fingerprint density at radius 3 is 2.53 bits per heavy atom. The van der Waals surface area contributed by atoms with Gasteiger partial charge in [0.25, 0.3) is 5.91 Å². The van der Waals surface area contributed by atoms with Crippen molar-refractivity contribution in [3.8, 4) is 0 Å². The molecule has 1 aliphatic carbocycles. The topological polar surface area (TPSA) is 41.1 Å². The maximum Gasteiger partial charge on any atom is 0.257 e. The second-order valence-electron chi connectivity index (χ2n) is 8.34. The first-order valence-corrected chi connectivity index (χ1v) is 11.3. The Morgan fingerprint density at radius 2 is 1.75 bits per heavy atom. The highest BCUT2D eigenvalue weighted by atomic mass is 35.5. The number of nitrogens with one attached hydrogen (secondary N) is 2. The lowest BCUT2D eigenvalue weighted by Crippen LogP contribution is -2.29. The lowest BCUT2D eigenvalue weighted by atomic mass is 9.77. The monoisotopic (exact) mass is 472 g/mol. The molecule has 1 fully saturated rings. The van der Waals surface area contributed by atoms with Gasteiger partial charge in [-0.25, -0.2) is 8.78 Å². The van der Waals surface area contributed by atoms with Crippen molar-refractivity contribution >= 4 is 40.5 Å².